The van der Waals surface area contributed by atoms with Crippen LogP contribution in [0.25, 0.3) is 6.08 Å². The predicted molar refractivity (Wildman–Crippen MR) is 57.3 cm³/mol. The molecule has 0 unspecified atom stereocenters. The standard InChI is InChI=1S/C11H13NO2/c1-4-9-5-6-11(12(13)14)10(7-9)8(2)3/h4-8H,1H2,2-3H3. The third kappa shape index (κ3) is 1.99. The third-order valence-electron chi connectivity index (χ3n) is 2.11. The van der Waals surface area contributed by atoms with Crippen molar-refractivity contribution in [2.75, 3.05) is 0 Å². The van der Waals surface area contributed by atoms with E-state index >= 15 is 0 Å². The topological polar surface area (TPSA) is 43.1 Å². The minimum Gasteiger partial charge on any atom is -0.258 e. The van der Waals surface area contributed by atoms with Crippen molar-refractivity contribution in [3.8, 4) is 0 Å². The summed E-state index contributed by atoms with van der Waals surface area (Å²) in [6.07, 6.45) is 1.69. The van der Waals surface area contributed by atoms with Crippen molar-refractivity contribution in [1.29, 1.82) is 0 Å². The van der Waals surface area contributed by atoms with Crippen LogP contribution < -0.4 is 0 Å². The number of nitrogens with zero attached hydrogens (tertiary/aromatic N) is 1. The Kier molecular flexibility index (Phi) is 3.02. The molecule has 0 saturated carbocycles. The van der Waals surface area contributed by atoms with Gasteiger partial charge in [0.1, 0.15) is 0 Å². The van der Waals surface area contributed by atoms with Crippen LogP contribution in [0, 0.1) is 10.1 Å². The minimum absolute atomic E-state index is 0.148. The second-order valence-corrected chi connectivity index (χ2v) is 3.43. The maximum absolute atomic E-state index is 10.7. The number of benzene rings is 1. The number of hydrogen-bond donors (Lipinski definition) is 0. The van der Waals surface area contributed by atoms with Crippen molar-refractivity contribution in [2.45, 2.75) is 19.8 Å². The highest BCUT2D eigenvalue weighted by Crippen LogP contribution is 2.27. The number of hydrogen-bond acceptors (Lipinski definition) is 2. The summed E-state index contributed by atoms with van der Waals surface area (Å²) in [6, 6.07) is 5.05. The smallest absolute Gasteiger partial charge is 0.258 e. The SMILES string of the molecule is C=Cc1ccc([N+](=O)[O-])c(C(C)C)c1. The molecule has 0 aliphatic rings. The quantitative estimate of drug-likeness (QED) is 0.543. The van der Waals surface area contributed by atoms with Crippen LogP contribution in [0.3, 0.4) is 0 Å². The molecule has 1 rings (SSSR count). The highest BCUT2D eigenvalue weighted by molar-refractivity contribution is 5.54. The molecule has 0 spiro atoms. The lowest BCUT2D eigenvalue weighted by Gasteiger charge is -2.06. The fourth-order valence-electron chi connectivity index (χ4n) is 1.33. The van der Waals surface area contributed by atoms with Crippen LogP contribution in [0.5, 0.6) is 0 Å². The van der Waals surface area contributed by atoms with Gasteiger partial charge in [-0.05, 0) is 23.6 Å². The Balaban J connectivity index is 3.30. The zero-order chi connectivity index (χ0) is 10.7. The molecule has 0 fully saturated rings. The Morgan fingerprint density at radius 1 is 1.50 bits per heavy atom. The van der Waals surface area contributed by atoms with Crippen molar-refractivity contribution in [2.24, 2.45) is 0 Å². The number of rotatable bonds is 3. The molecule has 0 aliphatic heterocycles. The lowest BCUT2D eigenvalue weighted by Crippen LogP contribution is -1.97. The maximum atomic E-state index is 10.7. The van der Waals surface area contributed by atoms with Crippen LogP contribution in [0.1, 0.15) is 30.9 Å². The average Bonchev–Trinajstić information content (AvgIpc) is 2.16. The largest absolute Gasteiger partial charge is 0.272 e. The van der Waals surface area contributed by atoms with E-state index in [0.29, 0.717) is 0 Å². The molecule has 3 nitrogen and oxygen atoms in total. The zero-order valence-electron chi connectivity index (χ0n) is 8.36. The van der Waals surface area contributed by atoms with Crippen LogP contribution in [0.15, 0.2) is 24.8 Å². The van der Waals surface area contributed by atoms with E-state index in [1.54, 1.807) is 12.1 Å². The van der Waals surface area contributed by atoms with Crippen LogP contribution in [0.2, 0.25) is 0 Å². The number of nitro groups is 1. The molecular weight excluding hydrogens is 178 g/mol. The molecule has 14 heavy (non-hydrogen) atoms. The molecular formula is C11H13NO2. The van der Waals surface area contributed by atoms with Crippen LogP contribution in [0.4, 0.5) is 5.69 Å². The van der Waals surface area contributed by atoms with E-state index in [1.165, 1.54) is 6.07 Å². The monoisotopic (exact) mass is 191 g/mol. The van der Waals surface area contributed by atoms with Gasteiger partial charge < -0.3 is 0 Å². The highest BCUT2D eigenvalue weighted by atomic mass is 16.6. The molecule has 0 amide bonds. The molecule has 0 aromatic heterocycles. The molecule has 1 aromatic carbocycles. The molecule has 0 saturated heterocycles. The second-order valence-electron chi connectivity index (χ2n) is 3.43. The van der Waals surface area contributed by atoms with Gasteiger partial charge in [-0.1, -0.05) is 26.5 Å². The first kappa shape index (κ1) is 10.4. The molecule has 0 atom stereocenters. The van der Waals surface area contributed by atoms with E-state index in [2.05, 4.69) is 6.58 Å². The van der Waals surface area contributed by atoms with E-state index in [1.807, 2.05) is 19.9 Å². The van der Waals surface area contributed by atoms with E-state index in [9.17, 15) is 10.1 Å². The lowest BCUT2D eigenvalue weighted by molar-refractivity contribution is -0.385. The third-order valence-corrected chi connectivity index (χ3v) is 2.11. The summed E-state index contributed by atoms with van der Waals surface area (Å²) >= 11 is 0. The molecule has 0 bridgehead atoms. The van der Waals surface area contributed by atoms with E-state index in [-0.39, 0.29) is 16.5 Å². The van der Waals surface area contributed by atoms with Crippen molar-refractivity contribution in [3.63, 3.8) is 0 Å². The van der Waals surface area contributed by atoms with Gasteiger partial charge in [-0.25, -0.2) is 0 Å². The van der Waals surface area contributed by atoms with Gasteiger partial charge in [0, 0.05) is 11.6 Å². The predicted octanol–water partition coefficient (Wildman–Crippen LogP) is 3.36. The summed E-state index contributed by atoms with van der Waals surface area (Å²) in [5.74, 6) is 0.148. The van der Waals surface area contributed by atoms with Crippen molar-refractivity contribution < 1.29 is 4.92 Å². The van der Waals surface area contributed by atoms with E-state index in [0.717, 1.165) is 11.1 Å². The van der Waals surface area contributed by atoms with E-state index in [4.69, 9.17) is 0 Å². The van der Waals surface area contributed by atoms with Gasteiger partial charge in [0.05, 0.1) is 4.92 Å². The van der Waals surface area contributed by atoms with Crippen molar-refractivity contribution in [1.82, 2.24) is 0 Å². The Hall–Kier alpha value is -1.64. The molecule has 0 aliphatic carbocycles. The fourth-order valence-corrected chi connectivity index (χ4v) is 1.33. The lowest BCUT2D eigenvalue weighted by atomic mass is 9.99. The summed E-state index contributed by atoms with van der Waals surface area (Å²) in [7, 11) is 0. The first-order chi connectivity index (χ1) is 6.56. The molecule has 3 heteroatoms. The molecule has 0 N–H and O–H groups in total. The summed E-state index contributed by atoms with van der Waals surface area (Å²) in [4.78, 5) is 10.4. The minimum atomic E-state index is -0.345. The summed E-state index contributed by atoms with van der Waals surface area (Å²) in [5.41, 5.74) is 1.86. The van der Waals surface area contributed by atoms with Crippen molar-refractivity contribution >= 4 is 11.8 Å². The van der Waals surface area contributed by atoms with Gasteiger partial charge in [0.15, 0.2) is 0 Å². The van der Waals surface area contributed by atoms with Crippen LogP contribution >= 0.6 is 0 Å². The van der Waals surface area contributed by atoms with Gasteiger partial charge in [-0.2, -0.15) is 0 Å². The van der Waals surface area contributed by atoms with Gasteiger partial charge in [-0.15, -0.1) is 0 Å². The van der Waals surface area contributed by atoms with Crippen molar-refractivity contribution in [3.05, 3.63) is 46.0 Å². The fraction of sp³-hybridized carbons (Fsp3) is 0.273. The second kappa shape index (κ2) is 4.05. The van der Waals surface area contributed by atoms with Gasteiger partial charge in [0.2, 0.25) is 0 Å². The summed E-state index contributed by atoms with van der Waals surface area (Å²) < 4.78 is 0. The Bertz CT molecular complexity index is 370. The van der Waals surface area contributed by atoms with Gasteiger partial charge in [-0.3, -0.25) is 10.1 Å². The first-order valence-electron chi connectivity index (χ1n) is 4.47. The van der Waals surface area contributed by atoms with Crippen LogP contribution in [-0.4, -0.2) is 4.92 Å². The molecule has 1 aromatic rings. The average molecular weight is 191 g/mol. The summed E-state index contributed by atoms with van der Waals surface area (Å²) in [6.45, 7) is 7.52. The Morgan fingerprint density at radius 2 is 2.14 bits per heavy atom. The molecule has 0 radical (unpaired) electrons. The maximum Gasteiger partial charge on any atom is 0.272 e. The zero-order valence-corrected chi connectivity index (χ0v) is 8.36. The number of nitro benzene ring substituents is 1. The van der Waals surface area contributed by atoms with Gasteiger partial charge >= 0.3 is 0 Å². The Labute approximate surface area is 83.2 Å². The highest BCUT2D eigenvalue weighted by Gasteiger charge is 2.15. The molecule has 74 valence electrons. The van der Waals surface area contributed by atoms with Crippen LogP contribution in [-0.2, 0) is 0 Å². The Morgan fingerprint density at radius 3 is 2.57 bits per heavy atom. The van der Waals surface area contributed by atoms with E-state index < -0.39 is 0 Å². The first-order valence-corrected chi connectivity index (χ1v) is 4.47. The van der Waals surface area contributed by atoms with Gasteiger partial charge in [0.25, 0.3) is 5.69 Å². The normalized spacial score (nSPS) is 10.2. The molecule has 0 heterocycles. The summed E-state index contributed by atoms with van der Waals surface area (Å²) in [5, 5.41) is 10.7.